The number of nitrogens with two attached hydrogens (primary N) is 1. The summed E-state index contributed by atoms with van der Waals surface area (Å²) in [5.41, 5.74) is 10.9. The summed E-state index contributed by atoms with van der Waals surface area (Å²) in [4.78, 5) is 9.20. The second-order valence-corrected chi connectivity index (χ2v) is 14.6. The number of benzene rings is 2. The van der Waals surface area contributed by atoms with E-state index < -0.39 is 35.5 Å². The molecule has 0 spiro atoms. The fourth-order valence-electron chi connectivity index (χ4n) is 4.11. The van der Waals surface area contributed by atoms with Crippen LogP contribution in [-0.2, 0) is 43.2 Å². The number of aryl methyl sites for hydroxylation is 1. The summed E-state index contributed by atoms with van der Waals surface area (Å²) in [6.07, 6.45) is 3.42. The summed E-state index contributed by atoms with van der Waals surface area (Å²) in [5.74, 6) is 1.05. The van der Waals surface area contributed by atoms with Crippen LogP contribution in [0.15, 0.2) is 48.5 Å². The Balaban J connectivity index is 0.000000381. The van der Waals surface area contributed by atoms with Gasteiger partial charge in [0.25, 0.3) is 20.2 Å². The van der Waals surface area contributed by atoms with E-state index in [-0.39, 0.29) is 5.95 Å². The van der Waals surface area contributed by atoms with Gasteiger partial charge < -0.3 is 10.3 Å². The zero-order valence-corrected chi connectivity index (χ0v) is 24.7. The average molecular weight is 614 g/mol. The first kappa shape index (κ1) is 31.2. The van der Waals surface area contributed by atoms with Gasteiger partial charge in [-0.3, -0.25) is 9.11 Å². The van der Waals surface area contributed by atoms with E-state index in [1.165, 1.54) is 3.97 Å². The molecule has 16 heteroatoms. The van der Waals surface area contributed by atoms with Crippen LogP contribution in [0.5, 0.6) is 0 Å². The molecule has 13 nitrogen and oxygen atoms in total. The van der Waals surface area contributed by atoms with Crippen LogP contribution in [-0.4, -0.2) is 70.6 Å². The molecule has 40 heavy (non-hydrogen) atoms. The second-order valence-electron chi connectivity index (χ2n) is 9.34. The predicted octanol–water partition coefficient (Wildman–Crippen LogP) is 2.69. The maximum Gasteiger partial charge on any atom is 0.261 e. The van der Waals surface area contributed by atoms with Crippen LogP contribution < -0.4 is 5.73 Å². The number of nitrogens with zero attached hydrogens (tertiary/aromatic N) is 4. The molecule has 1 aliphatic heterocycles. The largest absolute Gasteiger partial charge is 0.368 e. The summed E-state index contributed by atoms with van der Waals surface area (Å²) in [7, 11) is -11.0. The van der Waals surface area contributed by atoms with E-state index in [1.54, 1.807) is 13.8 Å². The molecule has 0 aliphatic carbocycles. The predicted molar refractivity (Wildman–Crippen MR) is 154 cm³/mol. The molecule has 0 saturated carbocycles. The molecule has 1 aliphatic rings. The van der Waals surface area contributed by atoms with Crippen molar-refractivity contribution in [3.05, 3.63) is 54.4 Å². The van der Waals surface area contributed by atoms with Gasteiger partial charge in [0.2, 0.25) is 16.0 Å². The minimum absolute atomic E-state index is 0.0161. The number of rotatable bonds is 4. The molecule has 5 rings (SSSR count). The van der Waals surface area contributed by atoms with Gasteiger partial charge in [0.15, 0.2) is 0 Å². The molecule has 4 N–H and O–H groups in total. The summed E-state index contributed by atoms with van der Waals surface area (Å²) in [5, 5.41) is -0.611. The van der Waals surface area contributed by atoms with Crippen LogP contribution in [0.2, 0.25) is 0 Å². The Morgan fingerprint density at radius 3 is 2.00 bits per heavy atom. The van der Waals surface area contributed by atoms with Crippen LogP contribution >= 0.6 is 0 Å². The first-order valence-corrected chi connectivity index (χ1v) is 17.1. The standard InChI is InChI=1S/C22H23N5O2S.2CH4O3S/c1-14(2)30(28,29)27-18-13-16(10-11-17(18)24-22(27)23)21-20(15-7-4-3-5-8-15)25-19-9-6-12-26(19)21;2*1-5(2,3)4/h3-5,7-8,10-11,13-14H,6,9,12H2,1-2H3,(H2,23,24);2*1H3,(H,2,3,4). The molecule has 0 fully saturated rings. The van der Waals surface area contributed by atoms with Gasteiger partial charge in [0.1, 0.15) is 5.82 Å². The Labute approximate surface area is 233 Å². The molecular formula is C24H31N5O8S3. The number of hydrogen-bond donors (Lipinski definition) is 3. The van der Waals surface area contributed by atoms with Crippen molar-refractivity contribution in [3.8, 4) is 22.5 Å². The lowest BCUT2D eigenvalue weighted by Gasteiger charge is -2.12. The molecule has 0 bridgehead atoms. The smallest absolute Gasteiger partial charge is 0.261 e. The number of aromatic nitrogens is 4. The van der Waals surface area contributed by atoms with Crippen LogP contribution in [0.25, 0.3) is 33.5 Å². The molecule has 0 saturated heterocycles. The van der Waals surface area contributed by atoms with E-state index in [0.29, 0.717) is 23.5 Å². The molecular weight excluding hydrogens is 582 g/mol. The highest BCUT2D eigenvalue weighted by Crippen LogP contribution is 2.37. The molecule has 0 amide bonds. The van der Waals surface area contributed by atoms with Crippen molar-refractivity contribution in [1.29, 1.82) is 0 Å². The number of fused-ring (bicyclic) bond motifs is 2. The molecule has 218 valence electrons. The van der Waals surface area contributed by atoms with E-state index in [4.69, 9.17) is 19.8 Å². The summed E-state index contributed by atoms with van der Waals surface area (Å²) < 4.78 is 81.0. The molecule has 3 heterocycles. The SMILES string of the molecule is CC(C)S(=O)(=O)n1c(N)nc2ccc(-c3c(-c4ccccc4)nc4n3CCC4)cc21.CS(=O)(=O)O.CS(=O)(=O)O. The third kappa shape index (κ3) is 7.66. The van der Waals surface area contributed by atoms with E-state index in [1.807, 2.05) is 48.5 Å². The Morgan fingerprint density at radius 1 is 0.875 bits per heavy atom. The number of imidazole rings is 2. The van der Waals surface area contributed by atoms with Crippen LogP contribution in [0.1, 0.15) is 26.1 Å². The zero-order chi connectivity index (χ0) is 30.0. The minimum Gasteiger partial charge on any atom is -0.368 e. The van der Waals surface area contributed by atoms with Crippen molar-refractivity contribution in [3.63, 3.8) is 0 Å². The lowest BCUT2D eigenvalue weighted by atomic mass is 10.0. The maximum atomic E-state index is 12.9. The van der Waals surface area contributed by atoms with Crippen molar-refractivity contribution in [2.75, 3.05) is 18.2 Å². The number of nitrogen functional groups attached to an aromatic ring is 1. The van der Waals surface area contributed by atoms with Gasteiger partial charge >= 0.3 is 0 Å². The summed E-state index contributed by atoms with van der Waals surface area (Å²) in [6, 6.07) is 15.7. The third-order valence-corrected chi connectivity index (χ3v) is 7.72. The van der Waals surface area contributed by atoms with E-state index in [0.717, 1.165) is 47.7 Å². The first-order chi connectivity index (χ1) is 18.4. The number of hydrogen-bond acceptors (Lipinski definition) is 9. The Kier molecular flexibility index (Phi) is 9.10. The molecule has 0 radical (unpaired) electrons. The van der Waals surface area contributed by atoms with Crippen LogP contribution in [0.3, 0.4) is 0 Å². The van der Waals surface area contributed by atoms with Gasteiger partial charge in [0, 0.05) is 24.1 Å². The highest BCUT2D eigenvalue weighted by molar-refractivity contribution is 7.90. The van der Waals surface area contributed by atoms with Crippen molar-refractivity contribution >= 4 is 47.2 Å². The van der Waals surface area contributed by atoms with Crippen molar-refractivity contribution < 1.29 is 34.4 Å². The maximum absolute atomic E-state index is 12.9. The Bertz CT molecular complexity index is 1800. The fraction of sp³-hybridized carbons (Fsp3) is 0.333. The normalized spacial score (nSPS) is 13.4. The van der Waals surface area contributed by atoms with Gasteiger partial charge in [-0.25, -0.2) is 22.4 Å². The fourth-order valence-corrected chi connectivity index (χ4v) is 5.26. The van der Waals surface area contributed by atoms with Gasteiger partial charge in [-0.15, -0.1) is 0 Å². The highest BCUT2D eigenvalue weighted by Gasteiger charge is 2.27. The van der Waals surface area contributed by atoms with Crippen molar-refractivity contribution in [2.24, 2.45) is 0 Å². The van der Waals surface area contributed by atoms with E-state index in [2.05, 4.69) is 9.55 Å². The molecule has 2 aromatic carbocycles. The van der Waals surface area contributed by atoms with Crippen LogP contribution in [0, 0.1) is 0 Å². The van der Waals surface area contributed by atoms with E-state index >= 15 is 0 Å². The molecule has 0 unspecified atom stereocenters. The zero-order valence-electron chi connectivity index (χ0n) is 22.3. The van der Waals surface area contributed by atoms with Gasteiger partial charge in [-0.1, -0.05) is 36.4 Å². The second kappa shape index (κ2) is 11.7. The quantitative estimate of drug-likeness (QED) is 0.285. The Morgan fingerprint density at radius 2 is 1.45 bits per heavy atom. The van der Waals surface area contributed by atoms with Gasteiger partial charge in [-0.2, -0.15) is 16.8 Å². The lowest BCUT2D eigenvalue weighted by molar-refractivity contribution is 0.488. The molecule has 4 aromatic rings. The van der Waals surface area contributed by atoms with E-state index in [9.17, 15) is 25.3 Å². The first-order valence-electron chi connectivity index (χ1n) is 11.9. The average Bonchev–Trinajstić information content (AvgIpc) is 3.48. The van der Waals surface area contributed by atoms with Gasteiger partial charge in [-0.05, 0) is 32.4 Å². The summed E-state index contributed by atoms with van der Waals surface area (Å²) >= 11 is 0. The topological polar surface area (TPSA) is 205 Å². The molecule has 0 atom stereocenters. The molecule has 2 aromatic heterocycles. The lowest BCUT2D eigenvalue weighted by Crippen LogP contribution is -2.23. The van der Waals surface area contributed by atoms with Crippen LogP contribution in [0.4, 0.5) is 5.95 Å². The highest BCUT2D eigenvalue weighted by atomic mass is 32.2. The monoisotopic (exact) mass is 613 g/mol. The van der Waals surface area contributed by atoms with Crippen molar-refractivity contribution in [1.82, 2.24) is 18.5 Å². The van der Waals surface area contributed by atoms with Gasteiger partial charge in [0.05, 0.1) is 40.2 Å². The summed E-state index contributed by atoms with van der Waals surface area (Å²) in [6.45, 7) is 4.18. The Hall–Kier alpha value is -3.31. The van der Waals surface area contributed by atoms with Crippen molar-refractivity contribution in [2.45, 2.75) is 38.5 Å². The minimum atomic E-state index is -3.67. The third-order valence-electron chi connectivity index (χ3n) is 5.64. The number of anilines is 1.